The van der Waals surface area contributed by atoms with Crippen LogP contribution in [0.2, 0.25) is 0 Å². The molecule has 0 saturated carbocycles. The highest BCUT2D eigenvalue weighted by molar-refractivity contribution is 7.07. The predicted octanol–water partition coefficient (Wildman–Crippen LogP) is 4.20. The van der Waals surface area contributed by atoms with Crippen molar-refractivity contribution in [2.75, 3.05) is 16.3 Å². The molecular weight excluding hydrogens is 644 g/mol. The monoisotopic (exact) mass is 684 g/mol. The number of carbonyl (C=O) groups excluding carboxylic acids is 4. The lowest BCUT2D eigenvalue weighted by Crippen LogP contribution is -2.61. The summed E-state index contributed by atoms with van der Waals surface area (Å²) in [5.41, 5.74) is 3.34. The second-order valence-corrected chi connectivity index (χ2v) is 13.8. The summed E-state index contributed by atoms with van der Waals surface area (Å²) < 4.78 is 2.06. The van der Waals surface area contributed by atoms with Crippen LogP contribution in [0.4, 0.5) is 16.2 Å². The molecule has 6 rings (SSSR count). The summed E-state index contributed by atoms with van der Waals surface area (Å²) >= 11 is 1.52. The third kappa shape index (κ3) is 6.89. The standard InChI is InChI=1S/C36H40N6O6S/c1-4-40-20-24(25-10-5-6-11-28(25)40)18-26(38-34(46)36(2,3)39-35(47)48)32(44)37-27-17-23-9-7-12-29(41-15-8-13-30(41)43)31(23)42(33(27)45)19-22-14-16-49-21-22/h5-7,9-12,14,16,20-21,26-27,39H,4,8,13,15,17-19H2,1-3H3,(H,37,44)(H,38,46)(H,47,48)/t26-,27?/m1/s1. The van der Waals surface area contributed by atoms with Gasteiger partial charge in [0.05, 0.1) is 17.9 Å². The summed E-state index contributed by atoms with van der Waals surface area (Å²) in [6.45, 7) is 6.37. The maximum Gasteiger partial charge on any atom is 0.405 e. The summed E-state index contributed by atoms with van der Waals surface area (Å²) in [7, 11) is 0. The molecule has 2 atom stereocenters. The fourth-order valence-corrected chi connectivity index (χ4v) is 7.39. The third-order valence-corrected chi connectivity index (χ3v) is 9.93. The average Bonchev–Trinajstić information content (AvgIpc) is 3.82. The Bertz CT molecular complexity index is 1920. The van der Waals surface area contributed by atoms with E-state index in [0.717, 1.165) is 34.0 Å². The van der Waals surface area contributed by atoms with E-state index < -0.39 is 35.5 Å². The summed E-state index contributed by atoms with van der Waals surface area (Å²) in [5, 5.41) is 22.1. The van der Waals surface area contributed by atoms with E-state index in [-0.39, 0.29) is 31.2 Å². The van der Waals surface area contributed by atoms with Crippen LogP contribution in [0, 0.1) is 0 Å². The number of carboxylic acid groups (broad SMARTS) is 1. The van der Waals surface area contributed by atoms with E-state index in [1.807, 2.05) is 72.4 Å². The molecular formula is C36H40N6O6S. The summed E-state index contributed by atoms with van der Waals surface area (Å²) in [6.07, 6.45) is 2.05. The van der Waals surface area contributed by atoms with Crippen molar-refractivity contribution in [3.63, 3.8) is 0 Å². The Kier molecular flexibility index (Phi) is 9.46. The van der Waals surface area contributed by atoms with Gasteiger partial charge < -0.3 is 35.4 Å². The van der Waals surface area contributed by atoms with Gasteiger partial charge in [-0.3, -0.25) is 19.2 Å². The topological polar surface area (TPSA) is 153 Å². The van der Waals surface area contributed by atoms with E-state index >= 15 is 0 Å². The van der Waals surface area contributed by atoms with Crippen LogP contribution in [0.1, 0.15) is 50.3 Å². The summed E-state index contributed by atoms with van der Waals surface area (Å²) in [6, 6.07) is 13.3. The van der Waals surface area contributed by atoms with Gasteiger partial charge in [0.25, 0.3) is 0 Å². The first-order chi connectivity index (χ1) is 23.5. The fourth-order valence-electron chi connectivity index (χ4n) is 6.73. The number of rotatable bonds is 11. The van der Waals surface area contributed by atoms with E-state index in [0.29, 0.717) is 30.9 Å². The SMILES string of the molecule is CCn1cc(C[C@@H](NC(=O)C(C)(C)NC(=O)O)C(=O)NC2Cc3cccc(N4CCCC4=O)c3N(Cc3ccsc3)C2=O)c2ccccc21. The Hall–Kier alpha value is -5.17. The van der Waals surface area contributed by atoms with Crippen LogP contribution in [0.25, 0.3) is 10.9 Å². The van der Waals surface area contributed by atoms with Gasteiger partial charge in [-0.1, -0.05) is 30.3 Å². The number of anilines is 2. The molecule has 2 aromatic heterocycles. The van der Waals surface area contributed by atoms with E-state index in [1.54, 1.807) is 9.80 Å². The zero-order valence-corrected chi connectivity index (χ0v) is 28.5. The molecule has 0 bridgehead atoms. The molecule has 12 nitrogen and oxygen atoms in total. The molecule has 2 aromatic carbocycles. The number of benzene rings is 2. The van der Waals surface area contributed by atoms with Crippen molar-refractivity contribution in [1.82, 2.24) is 20.5 Å². The molecule has 256 valence electrons. The van der Waals surface area contributed by atoms with Crippen molar-refractivity contribution >= 4 is 63.3 Å². The Morgan fingerprint density at radius 2 is 1.88 bits per heavy atom. The molecule has 1 fully saturated rings. The number of aryl methyl sites for hydroxylation is 1. The van der Waals surface area contributed by atoms with Gasteiger partial charge >= 0.3 is 6.09 Å². The first-order valence-electron chi connectivity index (χ1n) is 16.4. The van der Waals surface area contributed by atoms with Crippen LogP contribution in [0.3, 0.4) is 0 Å². The van der Waals surface area contributed by atoms with Crippen molar-refractivity contribution in [2.24, 2.45) is 0 Å². The smallest absolute Gasteiger partial charge is 0.405 e. The number of fused-ring (bicyclic) bond motifs is 2. The normalized spacial score (nSPS) is 16.8. The molecule has 4 heterocycles. The number of para-hydroxylation sites is 2. The van der Waals surface area contributed by atoms with Gasteiger partial charge in [0.2, 0.25) is 23.6 Å². The fraction of sp³-hybridized carbons (Fsp3) is 0.361. The van der Waals surface area contributed by atoms with Gasteiger partial charge in [0.15, 0.2) is 0 Å². The Morgan fingerprint density at radius 3 is 2.57 bits per heavy atom. The number of hydrogen-bond donors (Lipinski definition) is 4. The van der Waals surface area contributed by atoms with Gasteiger partial charge in [0.1, 0.15) is 17.6 Å². The molecule has 1 unspecified atom stereocenters. The molecule has 13 heteroatoms. The van der Waals surface area contributed by atoms with Crippen LogP contribution in [-0.4, -0.2) is 63.6 Å². The number of thiophene rings is 1. The molecule has 4 aromatic rings. The lowest BCUT2D eigenvalue weighted by molar-refractivity contribution is -0.133. The zero-order chi connectivity index (χ0) is 34.9. The highest BCUT2D eigenvalue weighted by atomic mass is 32.1. The van der Waals surface area contributed by atoms with Gasteiger partial charge in [-0.25, -0.2) is 4.79 Å². The van der Waals surface area contributed by atoms with Gasteiger partial charge in [0, 0.05) is 49.5 Å². The van der Waals surface area contributed by atoms with Crippen molar-refractivity contribution in [2.45, 2.75) is 77.2 Å². The van der Waals surface area contributed by atoms with E-state index in [9.17, 15) is 29.1 Å². The van der Waals surface area contributed by atoms with Gasteiger partial charge in [-0.2, -0.15) is 11.3 Å². The molecule has 0 aliphatic carbocycles. The Labute approximate surface area is 288 Å². The molecule has 5 amide bonds. The lowest BCUT2D eigenvalue weighted by Gasteiger charge is -2.37. The largest absolute Gasteiger partial charge is 0.465 e. The molecule has 49 heavy (non-hydrogen) atoms. The van der Waals surface area contributed by atoms with Crippen LogP contribution in [-0.2, 0) is 45.1 Å². The zero-order valence-electron chi connectivity index (χ0n) is 27.7. The second kappa shape index (κ2) is 13.7. The maximum atomic E-state index is 14.3. The Balaban J connectivity index is 1.33. The van der Waals surface area contributed by atoms with Crippen molar-refractivity contribution in [3.05, 3.63) is 82.2 Å². The van der Waals surface area contributed by atoms with Crippen molar-refractivity contribution in [3.8, 4) is 0 Å². The molecule has 4 N–H and O–H groups in total. The number of amides is 5. The van der Waals surface area contributed by atoms with Crippen LogP contribution < -0.4 is 25.8 Å². The second-order valence-electron chi connectivity index (χ2n) is 13.0. The van der Waals surface area contributed by atoms with E-state index in [2.05, 4.69) is 20.5 Å². The van der Waals surface area contributed by atoms with E-state index in [1.165, 1.54) is 25.2 Å². The quantitative estimate of drug-likeness (QED) is 0.186. The highest BCUT2D eigenvalue weighted by Crippen LogP contribution is 2.40. The first-order valence-corrected chi connectivity index (χ1v) is 17.3. The van der Waals surface area contributed by atoms with E-state index in [4.69, 9.17) is 0 Å². The highest BCUT2D eigenvalue weighted by Gasteiger charge is 2.40. The Morgan fingerprint density at radius 1 is 1.08 bits per heavy atom. The van der Waals surface area contributed by atoms with Crippen molar-refractivity contribution < 1.29 is 29.1 Å². The van der Waals surface area contributed by atoms with Crippen LogP contribution in [0.15, 0.2) is 65.5 Å². The molecule has 2 aliphatic heterocycles. The maximum absolute atomic E-state index is 14.3. The lowest BCUT2D eigenvalue weighted by atomic mass is 9.94. The number of hydrogen-bond acceptors (Lipinski definition) is 6. The third-order valence-electron chi connectivity index (χ3n) is 9.20. The van der Waals surface area contributed by atoms with Gasteiger partial charge in [-0.15, -0.1) is 0 Å². The summed E-state index contributed by atoms with van der Waals surface area (Å²) in [5.74, 6) is -1.58. The molecule has 1 saturated heterocycles. The van der Waals surface area contributed by atoms with Crippen molar-refractivity contribution in [1.29, 1.82) is 0 Å². The summed E-state index contributed by atoms with van der Waals surface area (Å²) in [4.78, 5) is 69.6. The number of aromatic nitrogens is 1. The average molecular weight is 685 g/mol. The van der Waals surface area contributed by atoms with Gasteiger partial charge in [-0.05, 0) is 72.8 Å². The molecule has 0 radical (unpaired) electrons. The van der Waals surface area contributed by atoms with Crippen LogP contribution >= 0.6 is 11.3 Å². The van der Waals surface area contributed by atoms with Crippen LogP contribution in [0.5, 0.6) is 0 Å². The first kappa shape index (κ1) is 33.7. The molecule has 0 spiro atoms. The minimum absolute atomic E-state index is 0.00934. The number of nitrogens with one attached hydrogen (secondary N) is 3. The number of nitrogens with zero attached hydrogens (tertiary/aromatic N) is 3. The molecule has 2 aliphatic rings. The number of carbonyl (C=O) groups is 5. The minimum atomic E-state index is -1.54. The predicted molar refractivity (Wildman–Crippen MR) is 188 cm³/mol. The minimum Gasteiger partial charge on any atom is -0.465 e.